The number of halogens is 2. The van der Waals surface area contributed by atoms with E-state index in [1.54, 1.807) is 12.1 Å². The van der Waals surface area contributed by atoms with Gasteiger partial charge in [-0.3, -0.25) is 4.79 Å². The third-order valence-corrected chi connectivity index (χ3v) is 4.22. The van der Waals surface area contributed by atoms with Crippen LogP contribution in [0.25, 0.3) is 0 Å². The van der Waals surface area contributed by atoms with Crippen LogP contribution in [0, 0.1) is 19.7 Å². The predicted octanol–water partition coefficient (Wildman–Crippen LogP) is 4.50. The minimum atomic E-state index is -0.415. The maximum absolute atomic E-state index is 13.4. The number of benzene rings is 1. The smallest absolute Gasteiger partial charge is 0.203 e. The number of hydrogen-bond acceptors (Lipinski definition) is 2. The summed E-state index contributed by atoms with van der Waals surface area (Å²) in [5.41, 5.74) is 1.33. The van der Waals surface area contributed by atoms with Gasteiger partial charge in [0, 0.05) is 10.4 Å². The van der Waals surface area contributed by atoms with E-state index in [-0.39, 0.29) is 5.78 Å². The first-order valence-corrected chi connectivity index (χ1v) is 6.67. The van der Waals surface area contributed by atoms with E-state index in [4.69, 9.17) is 0 Å². The van der Waals surface area contributed by atoms with Gasteiger partial charge >= 0.3 is 0 Å². The second kappa shape index (κ2) is 4.70. The summed E-state index contributed by atoms with van der Waals surface area (Å²) in [6, 6.07) is 6.41. The first kappa shape index (κ1) is 12.5. The summed E-state index contributed by atoms with van der Waals surface area (Å²) in [6.07, 6.45) is 0. The van der Waals surface area contributed by atoms with Crippen LogP contribution in [0.1, 0.15) is 25.7 Å². The lowest BCUT2D eigenvalue weighted by atomic mass is 10.1. The molecule has 88 valence electrons. The Balaban J connectivity index is 2.44. The molecule has 17 heavy (non-hydrogen) atoms. The van der Waals surface area contributed by atoms with Gasteiger partial charge in [-0.15, -0.1) is 11.3 Å². The van der Waals surface area contributed by atoms with Crippen molar-refractivity contribution in [1.82, 2.24) is 0 Å². The van der Waals surface area contributed by atoms with E-state index in [0.717, 1.165) is 10.4 Å². The maximum atomic E-state index is 13.4. The van der Waals surface area contributed by atoms with E-state index >= 15 is 0 Å². The van der Waals surface area contributed by atoms with Crippen LogP contribution in [-0.4, -0.2) is 5.78 Å². The second-order valence-electron chi connectivity index (χ2n) is 3.83. The lowest BCUT2D eigenvalue weighted by molar-refractivity contribution is 0.104. The highest BCUT2D eigenvalue weighted by Crippen LogP contribution is 2.25. The topological polar surface area (TPSA) is 17.1 Å². The Morgan fingerprint density at radius 1 is 1.29 bits per heavy atom. The lowest BCUT2D eigenvalue weighted by Gasteiger charge is -2.01. The third kappa shape index (κ3) is 2.48. The molecular weight excluding hydrogens is 303 g/mol. The van der Waals surface area contributed by atoms with Crippen molar-refractivity contribution >= 4 is 33.0 Å². The van der Waals surface area contributed by atoms with Crippen molar-refractivity contribution in [2.24, 2.45) is 0 Å². The standard InChI is InChI=1S/C13H10BrFOS/c1-7-5-8(2)17-13(7)12(16)9-3-4-10(14)11(15)6-9/h3-6H,1-2H3. The molecule has 1 aromatic carbocycles. The number of carbonyl (C=O) groups is 1. The van der Waals surface area contributed by atoms with Crippen LogP contribution in [0.2, 0.25) is 0 Å². The third-order valence-electron chi connectivity index (χ3n) is 2.43. The highest BCUT2D eigenvalue weighted by molar-refractivity contribution is 9.10. The molecule has 0 bridgehead atoms. The van der Waals surface area contributed by atoms with Crippen molar-refractivity contribution < 1.29 is 9.18 Å². The van der Waals surface area contributed by atoms with Crippen molar-refractivity contribution in [2.45, 2.75) is 13.8 Å². The van der Waals surface area contributed by atoms with Gasteiger partial charge in [-0.2, -0.15) is 0 Å². The molecule has 4 heteroatoms. The molecule has 0 saturated carbocycles. The van der Waals surface area contributed by atoms with E-state index in [1.807, 2.05) is 19.9 Å². The van der Waals surface area contributed by atoms with Crippen LogP contribution in [0.5, 0.6) is 0 Å². The molecule has 0 unspecified atom stereocenters. The summed E-state index contributed by atoms with van der Waals surface area (Å²) in [5.74, 6) is -0.534. The molecule has 2 aromatic rings. The fraction of sp³-hybridized carbons (Fsp3) is 0.154. The summed E-state index contributed by atoms with van der Waals surface area (Å²) in [6.45, 7) is 3.85. The molecule has 0 atom stereocenters. The molecule has 0 fully saturated rings. The predicted molar refractivity (Wildman–Crippen MR) is 71.3 cm³/mol. The molecule has 0 aliphatic rings. The van der Waals surface area contributed by atoms with Gasteiger partial charge in [0.1, 0.15) is 5.82 Å². The number of carbonyl (C=O) groups excluding carboxylic acids is 1. The number of rotatable bonds is 2. The first-order chi connectivity index (χ1) is 7.99. The Morgan fingerprint density at radius 2 is 2.00 bits per heavy atom. The number of thiophene rings is 1. The summed E-state index contributed by atoms with van der Waals surface area (Å²) < 4.78 is 13.7. The van der Waals surface area contributed by atoms with Gasteiger partial charge in [0.15, 0.2) is 0 Å². The number of aryl methyl sites for hydroxylation is 2. The zero-order valence-corrected chi connectivity index (χ0v) is 11.8. The van der Waals surface area contributed by atoms with Gasteiger partial charge in [0.05, 0.1) is 9.35 Å². The van der Waals surface area contributed by atoms with Crippen LogP contribution < -0.4 is 0 Å². The molecule has 0 radical (unpaired) electrons. The zero-order chi connectivity index (χ0) is 12.6. The zero-order valence-electron chi connectivity index (χ0n) is 9.38. The highest BCUT2D eigenvalue weighted by atomic mass is 79.9. The molecule has 0 N–H and O–H groups in total. The Morgan fingerprint density at radius 3 is 2.53 bits per heavy atom. The van der Waals surface area contributed by atoms with Crippen LogP contribution >= 0.6 is 27.3 Å². The van der Waals surface area contributed by atoms with Gasteiger partial charge in [-0.25, -0.2) is 4.39 Å². The van der Waals surface area contributed by atoms with Gasteiger partial charge in [0.2, 0.25) is 5.78 Å². The first-order valence-electron chi connectivity index (χ1n) is 5.06. The van der Waals surface area contributed by atoms with E-state index in [9.17, 15) is 9.18 Å². The minimum absolute atomic E-state index is 0.119. The molecule has 0 spiro atoms. The Bertz CT molecular complexity index is 589. The quantitative estimate of drug-likeness (QED) is 0.746. The fourth-order valence-corrected chi connectivity index (χ4v) is 2.87. The average Bonchev–Trinajstić information content (AvgIpc) is 2.61. The van der Waals surface area contributed by atoms with Crippen LogP contribution in [-0.2, 0) is 0 Å². The minimum Gasteiger partial charge on any atom is -0.288 e. The summed E-state index contributed by atoms with van der Waals surface area (Å²) in [4.78, 5) is 13.9. The normalized spacial score (nSPS) is 10.6. The van der Waals surface area contributed by atoms with Crippen LogP contribution in [0.15, 0.2) is 28.7 Å². The molecule has 0 amide bonds. The van der Waals surface area contributed by atoms with E-state index in [2.05, 4.69) is 15.9 Å². The van der Waals surface area contributed by atoms with Gasteiger partial charge in [-0.05, 0) is 59.6 Å². The SMILES string of the molecule is Cc1cc(C)c(C(=O)c2ccc(Br)c(F)c2)s1. The van der Waals surface area contributed by atoms with E-state index in [1.165, 1.54) is 17.4 Å². The Kier molecular flexibility index (Phi) is 3.45. The van der Waals surface area contributed by atoms with Crippen molar-refractivity contribution in [3.63, 3.8) is 0 Å². The van der Waals surface area contributed by atoms with Crippen molar-refractivity contribution in [1.29, 1.82) is 0 Å². The molecular formula is C13H10BrFOS. The maximum Gasteiger partial charge on any atom is 0.203 e. The lowest BCUT2D eigenvalue weighted by Crippen LogP contribution is -2.01. The Labute approximate surface area is 111 Å². The summed E-state index contributed by atoms with van der Waals surface area (Å²) in [7, 11) is 0. The second-order valence-corrected chi connectivity index (χ2v) is 5.94. The molecule has 1 aromatic heterocycles. The van der Waals surface area contributed by atoms with Gasteiger partial charge < -0.3 is 0 Å². The number of hydrogen-bond donors (Lipinski definition) is 0. The molecule has 0 aliphatic carbocycles. The van der Waals surface area contributed by atoms with Crippen molar-refractivity contribution in [3.8, 4) is 0 Å². The molecule has 2 rings (SSSR count). The monoisotopic (exact) mass is 312 g/mol. The van der Waals surface area contributed by atoms with Crippen LogP contribution in [0.3, 0.4) is 0 Å². The van der Waals surface area contributed by atoms with Crippen molar-refractivity contribution in [3.05, 3.63) is 55.4 Å². The molecule has 1 heterocycles. The Hall–Kier alpha value is -1.00. The average molecular weight is 313 g/mol. The summed E-state index contributed by atoms with van der Waals surface area (Å²) in [5, 5.41) is 0. The number of ketones is 1. The van der Waals surface area contributed by atoms with Gasteiger partial charge in [-0.1, -0.05) is 0 Å². The van der Waals surface area contributed by atoms with Crippen molar-refractivity contribution in [2.75, 3.05) is 0 Å². The fourth-order valence-electron chi connectivity index (χ4n) is 1.64. The van der Waals surface area contributed by atoms with E-state index < -0.39 is 5.82 Å². The molecule has 1 nitrogen and oxygen atoms in total. The molecule has 0 saturated heterocycles. The summed E-state index contributed by atoms with van der Waals surface area (Å²) >= 11 is 4.51. The largest absolute Gasteiger partial charge is 0.288 e. The highest BCUT2D eigenvalue weighted by Gasteiger charge is 2.15. The van der Waals surface area contributed by atoms with E-state index in [0.29, 0.717) is 14.9 Å². The molecule has 0 aliphatic heterocycles. The van der Waals surface area contributed by atoms with Crippen LogP contribution in [0.4, 0.5) is 4.39 Å². The van der Waals surface area contributed by atoms with Gasteiger partial charge in [0.25, 0.3) is 0 Å².